The van der Waals surface area contributed by atoms with Crippen LogP contribution in [0.4, 0.5) is 10.7 Å². The zero-order valence-corrected chi connectivity index (χ0v) is 13.3. The van der Waals surface area contributed by atoms with Crippen molar-refractivity contribution in [3.05, 3.63) is 22.9 Å². The Morgan fingerprint density at radius 1 is 1.50 bits per heavy atom. The van der Waals surface area contributed by atoms with Gasteiger partial charge in [0.2, 0.25) is 5.95 Å². The molecule has 0 bridgehead atoms. The lowest BCUT2D eigenvalue weighted by Gasteiger charge is -2.24. The summed E-state index contributed by atoms with van der Waals surface area (Å²) in [6.07, 6.45) is 4.36. The van der Waals surface area contributed by atoms with Crippen molar-refractivity contribution in [2.75, 3.05) is 32.1 Å². The van der Waals surface area contributed by atoms with E-state index in [1.54, 1.807) is 18.3 Å². The molecule has 2 aliphatic heterocycles. The van der Waals surface area contributed by atoms with Gasteiger partial charge >= 0.3 is 0 Å². The molecule has 1 atom stereocenters. The van der Waals surface area contributed by atoms with E-state index < -0.39 is 0 Å². The molecule has 3 rings (SSSR count). The van der Waals surface area contributed by atoms with Crippen molar-refractivity contribution in [2.45, 2.75) is 12.5 Å². The molecule has 8 heteroatoms. The standard InChI is InChI=1S/C14H17N5O2S/c1-18-6-4-10(8-18)19(2)13-15-5-3-9(16-13)7-11-12(20)17-14(21)22-11/h3,5,7,10H,4,6,8H2,1-2H3,(H,17,20,21)/b11-7+. The lowest BCUT2D eigenvalue weighted by Crippen LogP contribution is -2.35. The highest BCUT2D eigenvalue weighted by atomic mass is 32.2. The van der Waals surface area contributed by atoms with Gasteiger partial charge in [-0.05, 0) is 43.9 Å². The summed E-state index contributed by atoms with van der Waals surface area (Å²) in [5, 5.41) is 1.88. The number of hydrogen-bond acceptors (Lipinski definition) is 7. The Hall–Kier alpha value is -1.93. The van der Waals surface area contributed by atoms with Crippen LogP contribution in [0.25, 0.3) is 6.08 Å². The second-order valence-electron chi connectivity index (χ2n) is 5.45. The van der Waals surface area contributed by atoms with Gasteiger partial charge in [-0.3, -0.25) is 14.9 Å². The smallest absolute Gasteiger partial charge is 0.290 e. The zero-order valence-electron chi connectivity index (χ0n) is 12.4. The Balaban J connectivity index is 1.79. The number of amides is 2. The zero-order chi connectivity index (χ0) is 15.7. The van der Waals surface area contributed by atoms with E-state index in [9.17, 15) is 9.59 Å². The van der Waals surface area contributed by atoms with E-state index in [0.29, 0.717) is 22.6 Å². The minimum atomic E-state index is -0.374. The van der Waals surface area contributed by atoms with Gasteiger partial charge in [-0.25, -0.2) is 9.97 Å². The highest BCUT2D eigenvalue weighted by Gasteiger charge is 2.26. The van der Waals surface area contributed by atoms with Crippen LogP contribution in [0.3, 0.4) is 0 Å². The highest BCUT2D eigenvalue weighted by Crippen LogP contribution is 2.25. The molecule has 3 heterocycles. The Kier molecular flexibility index (Phi) is 4.12. The maximum absolute atomic E-state index is 11.6. The molecular weight excluding hydrogens is 302 g/mol. The van der Waals surface area contributed by atoms with Crippen LogP contribution in [-0.4, -0.2) is 59.2 Å². The van der Waals surface area contributed by atoms with Crippen LogP contribution in [0.1, 0.15) is 12.1 Å². The van der Waals surface area contributed by atoms with Crippen LogP contribution in [0.15, 0.2) is 17.2 Å². The molecule has 1 unspecified atom stereocenters. The van der Waals surface area contributed by atoms with Crippen LogP contribution in [0.2, 0.25) is 0 Å². The number of nitrogens with one attached hydrogen (secondary N) is 1. The van der Waals surface area contributed by atoms with Gasteiger partial charge in [-0.2, -0.15) is 0 Å². The van der Waals surface area contributed by atoms with E-state index in [0.717, 1.165) is 31.3 Å². The molecule has 1 N–H and O–H groups in total. The molecule has 1 aromatic rings. The summed E-state index contributed by atoms with van der Waals surface area (Å²) >= 11 is 0.889. The quantitative estimate of drug-likeness (QED) is 0.831. The van der Waals surface area contributed by atoms with Gasteiger partial charge in [0.25, 0.3) is 11.1 Å². The largest absolute Gasteiger partial charge is 0.340 e. The average Bonchev–Trinajstić information content (AvgIpc) is 3.05. The summed E-state index contributed by atoms with van der Waals surface area (Å²) in [7, 11) is 4.08. The lowest BCUT2D eigenvalue weighted by molar-refractivity contribution is -0.115. The predicted octanol–water partition coefficient (Wildman–Crippen LogP) is 0.941. The first-order valence-electron chi connectivity index (χ1n) is 7.02. The van der Waals surface area contributed by atoms with Crippen molar-refractivity contribution in [3.63, 3.8) is 0 Å². The topological polar surface area (TPSA) is 78.4 Å². The number of nitrogens with zero attached hydrogens (tertiary/aromatic N) is 4. The SMILES string of the molecule is CN1CCC(N(C)c2nccc(/C=C3/SC(=O)NC3=O)n2)C1. The Morgan fingerprint density at radius 3 is 2.95 bits per heavy atom. The van der Waals surface area contributed by atoms with Crippen LogP contribution < -0.4 is 10.2 Å². The number of hydrogen-bond donors (Lipinski definition) is 1. The van der Waals surface area contributed by atoms with Gasteiger partial charge in [0.05, 0.1) is 10.6 Å². The second kappa shape index (κ2) is 6.05. The third kappa shape index (κ3) is 3.12. The van der Waals surface area contributed by atoms with Crippen molar-refractivity contribution in [2.24, 2.45) is 0 Å². The number of rotatable bonds is 3. The first-order valence-corrected chi connectivity index (χ1v) is 7.84. The van der Waals surface area contributed by atoms with E-state index in [-0.39, 0.29) is 11.1 Å². The normalized spacial score (nSPS) is 24.1. The van der Waals surface area contributed by atoms with Gasteiger partial charge in [-0.15, -0.1) is 0 Å². The van der Waals surface area contributed by atoms with Crippen molar-refractivity contribution in [3.8, 4) is 0 Å². The molecule has 2 saturated heterocycles. The second-order valence-corrected chi connectivity index (χ2v) is 6.46. The van der Waals surface area contributed by atoms with Gasteiger partial charge in [0.1, 0.15) is 0 Å². The minimum Gasteiger partial charge on any atom is -0.340 e. The van der Waals surface area contributed by atoms with Crippen LogP contribution in [0, 0.1) is 0 Å². The molecule has 22 heavy (non-hydrogen) atoms. The molecular formula is C14H17N5O2S. The number of thioether (sulfide) groups is 1. The molecule has 0 saturated carbocycles. The van der Waals surface area contributed by atoms with E-state index in [2.05, 4.69) is 32.1 Å². The number of likely N-dealkylation sites (N-methyl/N-ethyl adjacent to an activating group) is 2. The average molecular weight is 319 g/mol. The molecule has 0 aromatic carbocycles. The number of anilines is 1. The molecule has 0 radical (unpaired) electrons. The first kappa shape index (κ1) is 15.0. The Labute approximate surface area is 132 Å². The lowest BCUT2D eigenvalue weighted by atomic mass is 10.2. The molecule has 2 amide bonds. The summed E-state index contributed by atoms with van der Waals surface area (Å²) < 4.78 is 0. The predicted molar refractivity (Wildman–Crippen MR) is 85.4 cm³/mol. The number of aromatic nitrogens is 2. The van der Waals surface area contributed by atoms with Crippen molar-refractivity contribution in [1.82, 2.24) is 20.2 Å². The molecule has 0 spiro atoms. The monoisotopic (exact) mass is 319 g/mol. The van der Waals surface area contributed by atoms with Crippen LogP contribution >= 0.6 is 11.8 Å². The molecule has 0 aliphatic carbocycles. The van der Waals surface area contributed by atoms with E-state index in [1.807, 2.05) is 7.05 Å². The summed E-state index contributed by atoms with van der Waals surface area (Å²) in [5.41, 5.74) is 0.621. The summed E-state index contributed by atoms with van der Waals surface area (Å²) in [5.74, 6) is 0.255. The maximum Gasteiger partial charge on any atom is 0.290 e. The summed E-state index contributed by atoms with van der Waals surface area (Å²) in [6.45, 7) is 2.05. The van der Waals surface area contributed by atoms with Crippen molar-refractivity contribution in [1.29, 1.82) is 0 Å². The van der Waals surface area contributed by atoms with Crippen molar-refractivity contribution >= 4 is 34.9 Å². The molecule has 116 valence electrons. The fourth-order valence-electron chi connectivity index (χ4n) is 2.56. The molecule has 7 nitrogen and oxygen atoms in total. The van der Waals surface area contributed by atoms with Crippen LogP contribution in [-0.2, 0) is 4.79 Å². The molecule has 2 fully saturated rings. The highest BCUT2D eigenvalue weighted by molar-refractivity contribution is 8.18. The van der Waals surface area contributed by atoms with Gasteiger partial charge in [0, 0.05) is 25.8 Å². The summed E-state index contributed by atoms with van der Waals surface area (Å²) in [4.78, 5) is 36.2. The minimum absolute atomic E-state index is 0.350. The molecule has 1 aromatic heterocycles. The van der Waals surface area contributed by atoms with Crippen LogP contribution in [0.5, 0.6) is 0 Å². The number of carbonyl (C=O) groups excluding carboxylic acids is 2. The first-order chi connectivity index (χ1) is 10.5. The maximum atomic E-state index is 11.6. The van der Waals surface area contributed by atoms with E-state index in [1.165, 1.54) is 0 Å². The summed E-state index contributed by atoms with van der Waals surface area (Å²) in [6, 6.07) is 2.11. The van der Waals surface area contributed by atoms with Crippen molar-refractivity contribution < 1.29 is 9.59 Å². The third-order valence-corrected chi connectivity index (χ3v) is 4.63. The Bertz CT molecular complexity index is 648. The van der Waals surface area contributed by atoms with E-state index >= 15 is 0 Å². The molecule has 2 aliphatic rings. The van der Waals surface area contributed by atoms with Gasteiger partial charge in [0.15, 0.2) is 0 Å². The van der Waals surface area contributed by atoms with E-state index in [4.69, 9.17) is 0 Å². The number of carbonyl (C=O) groups is 2. The third-order valence-electron chi connectivity index (χ3n) is 3.82. The number of imide groups is 1. The number of likely N-dealkylation sites (tertiary alicyclic amines) is 1. The Morgan fingerprint density at radius 2 is 2.32 bits per heavy atom. The van der Waals surface area contributed by atoms with Gasteiger partial charge < -0.3 is 9.80 Å². The fraction of sp³-hybridized carbons (Fsp3) is 0.429. The van der Waals surface area contributed by atoms with Gasteiger partial charge in [-0.1, -0.05) is 0 Å². The fourth-order valence-corrected chi connectivity index (χ4v) is 3.23.